The second kappa shape index (κ2) is 8.86. The molecule has 0 aliphatic carbocycles. The summed E-state index contributed by atoms with van der Waals surface area (Å²) in [4.78, 5) is 28.7. The molecular weight excluding hydrogens is 395 g/mol. The first-order chi connectivity index (χ1) is 13.8. The molecule has 0 amide bonds. The number of carbonyl (C=O) groups is 2. The minimum absolute atomic E-state index is 0.214. The Labute approximate surface area is 170 Å². The predicted molar refractivity (Wildman–Crippen MR) is 110 cm³/mol. The molecule has 2 heterocycles. The maximum Gasteiger partial charge on any atom is 0.350 e. The fourth-order valence-corrected chi connectivity index (χ4v) is 3.95. The van der Waals surface area contributed by atoms with Crippen molar-refractivity contribution in [3.63, 3.8) is 0 Å². The number of fused-ring (bicyclic) bond motifs is 1. The number of esters is 2. The van der Waals surface area contributed by atoms with E-state index in [1.807, 2.05) is 32.0 Å². The van der Waals surface area contributed by atoms with Crippen LogP contribution < -0.4 is 10.6 Å². The van der Waals surface area contributed by atoms with Gasteiger partial charge in [-0.3, -0.25) is 4.98 Å². The molecule has 0 radical (unpaired) electrons. The molecule has 0 saturated carbocycles. The van der Waals surface area contributed by atoms with Crippen molar-refractivity contribution in [2.75, 3.05) is 18.5 Å². The lowest BCUT2D eigenvalue weighted by Crippen LogP contribution is -2.42. The Hall–Kier alpha value is -2.54. The van der Waals surface area contributed by atoms with Gasteiger partial charge in [-0.25, -0.2) is 9.59 Å². The Kier molecular flexibility index (Phi) is 6.47. The average Bonchev–Trinajstić information content (AvgIpc) is 2.66. The van der Waals surface area contributed by atoms with Crippen molar-refractivity contribution in [3.8, 4) is 0 Å². The summed E-state index contributed by atoms with van der Waals surface area (Å²) < 4.78 is 21.6. The van der Waals surface area contributed by atoms with E-state index in [-0.39, 0.29) is 5.57 Å². The molecular formula is C20H23N2O6P. The first kappa shape index (κ1) is 21.2. The Morgan fingerprint density at radius 3 is 2.41 bits per heavy atom. The smallest absolute Gasteiger partial charge is 0.350 e. The highest BCUT2D eigenvalue weighted by atomic mass is 31.2. The largest absolute Gasteiger partial charge is 0.419 e. The molecule has 1 aromatic carbocycles. The molecule has 1 N–H and O–H groups in total. The summed E-state index contributed by atoms with van der Waals surface area (Å²) in [5.74, 6) is -2.76. The average molecular weight is 418 g/mol. The summed E-state index contributed by atoms with van der Waals surface area (Å²) in [5.41, 5.74) is 1.09. The number of nitrogens with one attached hydrogen (secondary N) is 1. The molecule has 0 unspecified atom stereocenters. The van der Waals surface area contributed by atoms with Crippen LogP contribution in [0.2, 0.25) is 0 Å². The number of benzene rings is 1. The van der Waals surface area contributed by atoms with Crippen LogP contribution in [0, 0.1) is 0 Å². The van der Waals surface area contributed by atoms with Gasteiger partial charge in [0.2, 0.25) is 8.38 Å². The van der Waals surface area contributed by atoms with Gasteiger partial charge in [-0.1, -0.05) is 12.1 Å². The van der Waals surface area contributed by atoms with Gasteiger partial charge in [0.05, 0.1) is 24.4 Å². The van der Waals surface area contributed by atoms with E-state index in [0.29, 0.717) is 24.4 Å². The van der Waals surface area contributed by atoms with E-state index in [9.17, 15) is 9.59 Å². The van der Waals surface area contributed by atoms with Gasteiger partial charge in [-0.05, 0) is 26.0 Å². The third-order valence-electron chi connectivity index (χ3n) is 3.89. The molecule has 0 spiro atoms. The lowest BCUT2D eigenvalue weighted by molar-refractivity contribution is -0.222. The summed E-state index contributed by atoms with van der Waals surface area (Å²) >= 11 is 0. The second-order valence-electron chi connectivity index (χ2n) is 6.54. The van der Waals surface area contributed by atoms with Crippen molar-refractivity contribution in [1.29, 1.82) is 0 Å². The molecule has 1 aromatic heterocycles. The Morgan fingerprint density at radius 2 is 1.79 bits per heavy atom. The predicted octanol–water partition coefficient (Wildman–Crippen LogP) is 3.38. The molecule has 3 rings (SSSR count). The van der Waals surface area contributed by atoms with Gasteiger partial charge in [-0.2, -0.15) is 0 Å². The maximum atomic E-state index is 12.1. The minimum atomic E-state index is -1.28. The number of ether oxygens (including phenoxy) is 2. The summed E-state index contributed by atoms with van der Waals surface area (Å²) in [6.45, 7) is 7.92. The van der Waals surface area contributed by atoms with E-state index in [1.165, 1.54) is 20.0 Å². The molecule has 1 aliphatic rings. The molecule has 29 heavy (non-hydrogen) atoms. The zero-order valence-electron chi connectivity index (χ0n) is 16.7. The fraction of sp³-hybridized carbons (Fsp3) is 0.350. The Bertz CT molecular complexity index is 931. The SMILES string of the molecule is CCOP(OCC)c1cnc2c(NC=C3C(=O)OC(C)(C)OC3=O)cccc2c1. The van der Waals surface area contributed by atoms with E-state index in [2.05, 4.69) is 10.3 Å². The zero-order chi connectivity index (χ0) is 21.0. The van der Waals surface area contributed by atoms with Gasteiger partial charge in [0.25, 0.3) is 5.79 Å². The molecule has 9 heteroatoms. The number of hydrogen-bond donors (Lipinski definition) is 1. The monoisotopic (exact) mass is 418 g/mol. The Balaban J connectivity index is 1.87. The molecule has 8 nitrogen and oxygen atoms in total. The van der Waals surface area contributed by atoms with Crippen LogP contribution in [0.1, 0.15) is 27.7 Å². The first-order valence-electron chi connectivity index (χ1n) is 9.22. The fourth-order valence-electron chi connectivity index (χ4n) is 2.71. The number of rotatable bonds is 7. The number of hydrogen-bond acceptors (Lipinski definition) is 8. The van der Waals surface area contributed by atoms with E-state index in [0.717, 1.165) is 10.7 Å². The van der Waals surface area contributed by atoms with E-state index < -0.39 is 26.1 Å². The van der Waals surface area contributed by atoms with Gasteiger partial charge in [0.1, 0.15) is 0 Å². The van der Waals surface area contributed by atoms with E-state index in [1.54, 1.807) is 12.3 Å². The minimum Gasteiger partial charge on any atom is -0.419 e. The van der Waals surface area contributed by atoms with Crippen molar-refractivity contribution < 1.29 is 28.1 Å². The zero-order valence-corrected chi connectivity index (χ0v) is 17.6. The highest BCUT2D eigenvalue weighted by Crippen LogP contribution is 2.37. The van der Waals surface area contributed by atoms with Gasteiger partial charge >= 0.3 is 11.9 Å². The lowest BCUT2D eigenvalue weighted by atomic mass is 10.2. The molecule has 1 fully saturated rings. The molecule has 1 aliphatic heterocycles. The molecule has 0 bridgehead atoms. The summed E-state index contributed by atoms with van der Waals surface area (Å²) in [5, 5.41) is 4.70. The highest BCUT2D eigenvalue weighted by molar-refractivity contribution is 7.56. The number of aromatic nitrogens is 1. The van der Waals surface area contributed by atoms with Crippen LogP contribution in [0.5, 0.6) is 0 Å². The summed E-state index contributed by atoms with van der Waals surface area (Å²) in [7, 11) is -1.20. The number of pyridine rings is 1. The van der Waals surface area contributed by atoms with Gasteiger partial charge in [0, 0.05) is 36.9 Å². The third kappa shape index (κ3) is 4.90. The van der Waals surface area contributed by atoms with Crippen LogP contribution in [0.3, 0.4) is 0 Å². The number of para-hydroxylation sites is 1. The first-order valence-corrected chi connectivity index (χ1v) is 10.4. The van der Waals surface area contributed by atoms with Gasteiger partial charge < -0.3 is 23.8 Å². The quantitative estimate of drug-likeness (QED) is 0.316. The van der Waals surface area contributed by atoms with Crippen molar-refractivity contribution in [2.45, 2.75) is 33.5 Å². The van der Waals surface area contributed by atoms with Crippen LogP contribution in [0.25, 0.3) is 10.9 Å². The molecule has 2 aromatic rings. The molecule has 1 saturated heterocycles. The van der Waals surface area contributed by atoms with Crippen LogP contribution in [0.15, 0.2) is 42.2 Å². The number of cyclic esters (lactones) is 2. The van der Waals surface area contributed by atoms with Crippen LogP contribution in [0.4, 0.5) is 5.69 Å². The van der Waals surface area contributed by atoms with Crippen LogP contribution in [-0.4, -0.2) is 35.9 Å². The topological polar surface area (TPSA) is 96.0 Å². The standard InChI is InChI=1S/C20H23N2O6P/c1-5-25-29(26-6-2)14-10-13-8-7-9-16(17(13)22-11-14)21-12-15-18(23)27-20(3,4)28-19(15)24/h7-12,21H,5-6H2,1-4H3. The lowest BCUT2D eigenvalue weighted by Gasteiger charge is -2.29. The number of anilines is 1. The van der Waals surface area contributed by atoms with Crippen molar-refractivity contribution in [3.05, 3.63) is 42.2 Å². The normalized spacial score (nSPS) is 16.0. The summed E-state index contributed by atoms with van der Waals surface area (Å²) in [6.07, 6.45) is 2.99. The van der Waals surface area contributed by atoms with E-state index in [4.69, 9.17) is 18.5 Å². The van der Waals surface area contributed by atoms with Crippen LogP contribution >= 0.6 is 8.38 Å². The molecule has 0 atom stereocenters. The second-order valence-corrected chi connectivity index (χ2v) is 8.09. The summed E-state index contributed by atoms with van der Waals surface area (Å²) in [6, 6.07) is 7.52. The van der Waals surface area contributed by atoms with Crippen molar-refractivity contribution >= 4 is 42.2 Å². The van der Waals surface area contributed by atoms with Crippen molar-refractivity contribution in [2.24, 2.45) is 0 Å². The number of nitrogens with zero attached hydrogens (tertiary/aromatic N) is 1. The van der Waals surface area contributed by atoms with Crippen molar-refractivity contribution in [1.82, 2.24) is 4.98 Å². The third-order valence-corrected chi connectivity index (χ3v) is 5.54. The van der Waals surface area contributed by atoms with Gasteiger partial charge in [0.15, 0.2) is 5.57 Å². The Morgan fingerprint density at radius 1 is 1.14 bits per heavy atom. The molecule has 154 valence electrons. The number of carbonyl (C=O) groups excluding carboxylic acids is 2. The maximum absolute atomic E-state index is 12.1. The van der Waals surface area contributed by atoms with Crippen LogP contribution in [-0.2, 0) is 28.1 Å². The highest BCUT2D eigenvalue weighted by Gasteiger charge is 2.38. The van der Waals surface area contributed by atoms with E-state index >= 15 is 0 Å². The van der Waals surface area contributed by atoms with Gasteiger partial charge in [-0.15, -0.1) is 0 Å².